The molecule has 1 aliphatic heterocycles. The van der Waals surface area contributed by atoms with Crippen LogP contribution in [0.15, 0.2) is 18.2 Å². The van der Waals surface area contributed by atoms with E-state index >= 15 is 0 Å². The van der Waals surface area contributed by atoms with E-state index in [1.165, 1.54) is 0 Å². The topological polar surface area (TPSA) is 55.6 Å². The summed E-state index contributed by atoms with van der Waals surface area (Å²) in [6, 6.07) is 5.51. The van der Waals surface area contributed by atoms with Gasteiger partial charge in [-0.3, -0.25) is 4.79 Å². The van der Waals surface area contributed by atoms with Crippen LogP contribution in [0.1, 0.15) is 24.2 Å². The molecule has 1 aliphatic rings. The van der Waals surface area contributed by atoms with Gasteiger partial charge in [-0.15, -0.1) is 0 Å². The Morgan fingerprint density at radius 2 is 2.28 bits per heavy atom. The van der Waals surface area contributed by atoms with Crippen molar-refractivity contribution in [3.05, 3.63) is 23.8 Å². The lowest BCUT2D eigenvalue weighted by atomic mass is 10.0. The first-order valence-corrected chi connectivity index (χ1v) is 6.28. The molecule has 2 N–H and O–H groups in total. The summed E-state index contributed by atoms with van der Waals surface area (Å²) in [5.74, 6) is 1.26. The van der Waals surface area contributed by atoms with Crippen LogP contribution in [0.4, 0.5) is 5.69 Å². The first kappa shape index (κ1) is 12.9. The second-order valence-corrected chi connectivity index (χ2v) is 5.09. The van der Waals surface area contributed by atoms with E-state index in [9.17, 15) is 4.79 Å². The maximum atomic E-state index is 11.6. The minimum Gasteiger partial charge on any atom is -0.486 e. The molecule has 0 aromatic heterocycles. The fraction of sp³-hybridized carbons (Fsp3) is 0.500. The predicted octanol–water partition coefficient (Wildman–Crippen LogP) is 1.68. The molecule has 0 saturated heterocycles. The fourth-order valence-electron chi connectivity index (χ4n) is 2.12. The van der Waals surface area contributed by atoms with Gasteiger partial charge in [0.25, 0.3) is 0 Å². The molecule has 1 unspecified atom stereocenters. The van der Waals surface area contributed by atoms with Crippen molar-refractivity contribution in [1.29, 1.82) is 0 Å². The van der Waals surface area contributed by atoms with Gasteiger partial charge >= 0.3 is 0 Å². The van der Waals surface area contributed by atoms with E-state index in [4.69, 9.17) is 10.5 Å². The molecule has 0 bridgehead atoms. The molecule has 0 fully saturated rings. The van der Waals surface area contributed by atoms with Crippen LogP contribution in [0, 0.1) is 5.92 Å². The lowest BCUT2D eigenvalue weighted by Gasteiger charge is -2.36. The Hall–Kier alpha value is -1.55. The molecule has 1 heterocycles. The highest BCUT2D eigenvalue weighted by molar-refractivity contribution is 5.98. The minimum absolute atomic E-state index is 0.0397. The summed E-state index contributed by atoms with van der Waals surface area (Å²) in [5, 5.41) is 0. The van der Waals surface area contributed by atoms with Gasteiger partial charge in [0.05, 0.1) is 18.8 Å². The molecule has 18 heavy (non-hydrogen) atoms. The summed E-state index contributed by atoms with van der Waals surface area (Å²) >= 11 is 0. The average molecular weight is 248 g/mol. The number of hydrogen-bond donors (Lipinski definition) is 1. The van der Waals surface area contributed by atoms with Crippen molar-refractivity contribution in [2.45, 2.75) is 20.0 Å². The Morgan fingerprint density at radius 1 is 1.56 bits per heavy atom. The van der Waals surface area contributed by atoms with E-state index in [1.807, 2.05) is 19.2 Å². The highest BCUT2D eigenvalue weighted by atomic mass is 16.5. The quantitative estimate of drug-likeness (QED) is 0.827. The summed E-state index contributed by atoms with van der Waals surface area (Å²) in [6.07, 6.45) is 0.193. The maximum Gasteiger partial charge on any atom is 0.176 e. The molecule has 98 valence electrons. The van der Waals surface area contributed by atoms with Crippen LogP contribution in [0.3, 0.4) is 0 Å². The Bertz CT molecular complexity index is 457. The van der Waals surface area contributed by atoms with Gasteiger partial charge in [-0.2, -0.15) is 0 Å². The van der Waals surface area contributed by atoms with E-state index in [0.29, 0.717) is 11.5 Å². The number of ketones is 1. The zero-order valence-electron chi connectivity index (χ0n) is 11.1. The molecule has 0 amide bonds. The summed E-state index contributed by atoms with van der Waals surface area (Å²) in [5.41, 5.74) is 6.99. The number of anilines is 1. The van der Waals surface area contributed by atoms with E-state index in [2.05, 4.69) is 18.7 Å². The molecule has 0 aliphatic carbocycles. The van der Waals surface area contributed by atoms with Crippen LogP contribution >= 0.6 is 0 Å². The number of carbonyl (C=O) groups excluding carboxylic acids is 1. The van der Waals surface area contributed by atoms with E-state index in [0.717, 1.165) is 18.0 Å². The molecular formula is C14H20N2O2. The molecule has 1 atom stereocenters. The lowest BCUT2D eigenvalue weighted by molar-refractivity contribution is 0.100. The molecule has 4 nitrogen and oxygen atoms in total. The Labute approximate surface area is 108 Å². The zero-order valence-corrected chi connectivity index (χ0v) is 11.1. The SMILES string of the molecule is CC(C)C1CN(C)c2cc(C(=O)CN)ccc2O1. The normalized spacial score (nSPS) is 18.5. The monoisotopic (exact) mass is 248 g/mol. The van der Waals surface area contributed by atoms with Gasteiger partial charge in [0.1, 0.15) is 11.9 Å². The van der Waals surface area contributed by atoms with Crippen molar-refractivity contribution >= 4 is 11.5 Å². The van der Waals surface area contributed by atoms with Gasteiger partial charge in [0.2, 0.25) is 0 Å². The zero-order chi connectivity index (χ0) is 13.3. The van der Waals surface area contributed by atoms with Crippen molar-refractivity contribution in [1.82, 2.24) is 0 Å². The fourth-order valence-corrected chi connectivity index (χ4v) is 2.12. The maximum absolute atomic E-state index is 11.6. The number of hydrogen-bond acceptors (Lipinski definition) is 4. The van der Waals surface area contributed by atoms with Gasteiger partial charge in [0, 0.05) is 12.6 Å². The number of carbonyl (C=O) groups is 1. The van der Waals surface area contributed by atoms with Gasteiger partial charge in [-0.25, -0.2) is 0 Å². The number of nitrogens with zero attached hydrogens (tertiary/aromatic N) is 1. The number of nitrogens with two attached hydrogens (primary N) is 1. The number of benzene rings is 1. The van der Waals surface area contributed by atoms with E-state index < -0.39 is 0 Å². The third kappa shape index (κ3) is 2.34. The second-order valence-electron chi connectivity index (χ2n) is 5.09. The van der Waals surface area contributed by atoms with Gasteiger partial charge in [-0.05, 0) is 24.1 Å². The largest absolute Gasteiger partial charge is 0.486 e. The van der Waals surface area contributed by atoms with Gasteiger partial charge < -0.3 is 15.4 Å². The summed E-state index contributed by atoms with van der Waals surface area (Å²) in [7, 11) is 2.02. The van der Waals surface area contributed by atoms with Crippen molar-refractivity contribution in [3.8, 4) is 5.75 Å². The number of likely N-dealkylation sites (N-methyl/N-ethyl adjacent to an activating group) is 1. The molecule has 2 rings (SSSR count). The molecule has 4 heteroatoms. The van der Waals surface area contributed by atoms with Crippen molar-refractivity contribution < 1.29 is 9.53 Å². The number of ether oxygens (including phenoxy) is 1. The molecule has 0 saturated carbocycles. The van der Waals surface area contributed by atoms with E-state index in [1.54, 1.807) is 6.07 Å². The smallest absolute Gasteiger partial charge is 0.176 e. The van der Waals surface area contributed by atoms with E-state index in [-0.39, 0.29) is 18.4 Å². The van der Waals surface area contributed by atoms with Crippen molar-refractivity contribution in [3.63, 3.8) is 0 Å². The predicted molar refractivity (Wildman–Crippen MR) is 72.4 cm³/mol. The van der Waals surface area contributed by atoms with Gasteiger partial charge in [-0.1, -0.05) is 13.8 Å². The van der Waals surface area contributed by atoms with Crippen LogP contribution in [0.2, 0.25) is 0 Å². The van der Waals surface area contributed by atoms with Crippen LogP contribution in [0.5, 0.6) is 5.75 Å². The molecule has 0 spiro atoms. The molecule has 1 aromatic rings. The Morgan fingerprint density at radius 3 is 2.89 bits per heavy atom. The average Bonchev–Trinajstić information content (AvgIpc) is 2.37. The third-order valence-corrected chi connectivity index (χ3v) is 3.35. The molecule has 1 aromatic carbocycles. The first-order chi connectivity index (χ1) is 8.52. The van der Waals surface area contributed by atoms with Crippen LogP contribution in [0.25, 0.3) is 0 Å². The number of rotatable bonds is 3. The summed E-state index contributed by atoms with van der Waals surface area (Å²) < 4.78 is 5.95. The highest BCUT2D eigenvalue weighted by Gasteiger charge is 2.26. The molecule has 0 radical (unpaired) electrons. The summed E-state index contributed by atoms with van der Waals surface area (Å²) in [4.78, 5) is 13.7. The minimum atomic E-state index is -0.0443. The number of fused-ring (bicyclic) bond motifs is 1. The number of Topliss-reactive ketones (excluding diaryl/α,β-unsaturated/α-hetero) is 1. The van der Waals surface area contributed by atoms with Crippen LogP contribution in [-0.2, 0) is 0 Å². The third-order valence-electron chi connectivity index (χ3n) is 3.35. The Balaban J connectivity index is 2.32. The van der Waals surface area contributed by atoms with Gasteiger partial charge in [0.15, 0.2) is 5.78 Å². The second kappa shape index (κ2) is 4.98. The lowest BCUT2D eigenvalue weighted by Crippen LogP contribution is -2.40. The van der Waals surface area contributed by atoms with Crippen LogP contribution < -0.4 is 15.4 Å². The summed E-state index contributed by atoms with van der Waals surface area (Å²) in [6.45, 7) is 5.18. The highest BCUT2D eigenvalue weighted by Crippen LogP contribution is 2.34. The van der Waals surface area contributed by atoms with Crippen LogP contribution in [-0.4, -0.2) is 32.0 Å². The molecular weight excluding hydrogens is 228 g/mol. The van der Waals surface area contributed by atoms with Crippen molar-refractivity contribution in [2.24, 2.45) is 11.7 Å². The first-order valence-electron chi connectivity index (χ1n) is 6.28. The standard InChI is InChI=1S/C14H20N2O2/c1-9(2)14-8-16(3)11-6-10(12(17)7-15)4-5-13(11)18-14/h4-6,9,14H,7-8,15H2,1-3H3. The Kier molecular flexibility index (Phi) is 3.57. The van der Waals surface area contributed by atoms with Crippen molar-refractivity contribution in [2.75, 3.05) is 25.0 Å².